The Kier molecular flexibility index (Phi) is 5.95. The predicted octanol–water partition coefficient (Wildman–Crippen LogP) is 3.23. The SMILES string of the molecule is COC(=O)[C@@H](CC(=O)c1ccc(OC)cc1)c1ccc(OC)cc1. The van der Waals surface area contributed by atoms with Crippen LogP contribution in [0.25, 0.3) is 0 Å². The van der Waals surface area contributed by atoms with Gasteiger partial charge < -0.3 is 14.2 Å². The minimum absolute atomic E-state index is 0.0331. The van der Waals surface area contributed by atoms with E-state index < -0.39 is 11.9 Å². The van der Waals surface area contributed by atoms with E-state index in [1.165, 1.54) is 7.11 Å². The van der Waals surface area contributed by atoms with E-state index in [0.29, 0.717) is 22.6 Å². The number of esters is 1. The Bertz CT molecular complexity index is 689. The van der Waals surface area contributed by atoms with Crippen LogP contribution in [0, 0.1) is 0 Å². The molecule has 0 saturated heterocycles. The summed E-state index contributed by atoms with van der Waals surface area (Å²) in [5.41, 5.74) is 1.24. The molecule has 0 saturated carbocycles. The molecule has 0 fully saturated rings. The van der Waals surface area contributed by atoms with Gasteiger partial charge in [-0.15, -0.1) is 0 Å². The molecule has 5 nitrogen and oxygen atoms in total. The van der Waals surface area contributed by atoms with Gasteiger partial charge in [0.1, 0.15) is 11.5 Å². The lowest BCUT2D eigenvalue weighted by Crippen LogP contribution is -2.18. The zero-order valence-corrected chi connectivity index (χ0v) is 13.9. The van der Waals surface area contributed by atoms with Gasteiger partial charge in [-0.25, -0.2) is 0 Å². The van der Waals surface area contributed by atoms with Gasteiger partial charge in [0, 0.05) is 12.0 Å². The maximum atomic E-state index is 12.5. The van der Waals surface area contributed by atoms with E-state index in [1.54, 1.807) is 62.8 Å². The molecule has 1 atom stereocenters. The summed E-state index contributed by atoms with van der Waals surface area (Å²) in [6.45, 7) is 0. The first-order chi connectivity index (χ1) is 11.6. The molecular formula is C19H20O5. The Labute approximate surface area is 141 Å². The van der Waals surface area contributed by atoms with Crippen molar-refractivity contribution in [3.8, 4) is 11.5 Å². The summed E-state index contributed by atoms with van der Waals surface area (Å²) in [7, 11) is 4.45. The zero-order chi connectivity index (χ0) is 17.5. The number of carbonyl (C=O) groups excluding carboxylic acids is 2. The van der Waals surface area contributed by atoms with E-state index in [0.717, 1.165) is 0 Å². The first-order valence-electron chi connectivity index (χ1n) is 7.48. The third-order valence-electron chi connectivity index (χ3n) is 3.81. The summed E-state index contributed by atoms with van der Waals surface area (Å²) in [5.74, 6) is 0.122. The Morgan fingerprint density at radius 1 is 0.833 bits per heavy atom. The van der Waals surface area contributed by atoms with Crippen molar-refractivity contribution < 1.29 is 23.8 Å². The summed E-state index contributed by atoms with van der Waals surface area (Å²) in [6, 6.07) is 13.8. The molecule has 0 aliphatic heterocycles. The maximum Gasteiger partial charge on any atom is 0.313 e. The molecule has 0 heterocycles. The number of methoxy groups -OCH3 is 3. The Morgan fingerprint density at radius 2 is 1.33 bits per heavy atom. The molecule has 0 unspecified atom stereocenters. The molecule has 126 valence electrons. The Hall–Kier alpha value is -2.82. The topological polar surface area (TPSA) is 61.8 Å². The quantitative estimate of drug-likeness (QED) is 0.577. The molecule has 2 aromatic rings. The summed E-state index contributed by atoms with van der Waals surface area (Å²) in [6.07, 6.45) is 0.0331. The Balaban J connectivity index is 2.20. The molecule has 24 heavy (non-hydrogen) atoms. The smallest absolute Gasteiger partial charge is 0.313 e. The van der Waals surface area contributed by atoms with Crippen molar-refractivity contribution in [2.24, 2.45) is 0 Å². The van der Waals surface area contributed by atoms with Crippen molar-refractivity contribution in [3.05, 3.63) is 59.7 Å². The highest BCUT2D eigenvalue weighted by atomic mass is 16.5. The number of ether oxygens (including phenoxy) is 3. The van der Waals surface area contributed by atoms with Crippen molar-refractivity contribution in [1.29, 1.82) is 0 Å². The predicted molar refractivity (Wildman–Crippen MR) is 89.7 cm³/mol. The first kappa shape index (κ1) is 17.5. The summed E-state index contributed by atoms with van der Waals surface area (Å²) in [5, 5.41) is 0. The minimum atomic E-state index is -0.657. The number of ketones is 1. The largest absolute Gasteiger partial charge is 0.497 e. The van der Waals surface area contributed by atoms with Crippen LogP contribution in [-0.4, -0.2) is 33.1 Å². The van der Waals surface area contributed by atoms with Crippen molar-refractivity contribution in [1.82, 2.24) is 0 Å². The van der Waals surface area contributed by atoms with Gasteiger partial charge in [-0.3, -0.25) is 9.59 Å². The number of rotatable bonds is 7. The highest BCUT2D eigenvalue weighted by Crippen LogP contribution is 2.26. The first-order valence-corrected chi connectivity index (χ1v) is 7.48. The second-order valence-electron chi connectivity index (χ2n) is 5.20. The lowest BCUT2D eigenvalue weighted by atomic mass is 9.91. The summed E-state index contributed by atoms with van der Waals surface area (Å²) < 4.78 is 15.0. The molecule has 0 aliphatic carbocycles. The van der Waals surface area contributed by atoms with Crippen molar-refractivity contribution in [3.63, 3.8) is 0 Å². The van der Waals surface area contributed by atoms with Gasteiger partial charge in [-0.2, -0.15) is 0 Å². The fourth-order valence-electron chi connectivity index (χ4n) is 2.40. The van der Waals surface area contributed by atoms with Crippen molar-refractivity contribution in [2.75, 3.05) is 21.3 Å². The lowest BCUT2D eigenvalue weighted by molar-refractivity contribution is -0.142. The molecule has 0 spiro atoms. The second kappa shape index (κ2) is 8.15. The van der Waals surface area contributed by atoms with E-state index in [4.69, 9.17) is 14.2 Å². The normalized spacial score (nSPS) is 11.5. The fraction of sp³-hybridized carbons (Fsp3) is 0.263. The lowest BCUT2D eigenvalue weighted by Gasteiger charge is -2.15. The van der Waals surface area contributed by atoms with Gasteiger partial charge in [0.15, 0.2) is 5.78 Å². The van der Waals surface area contributed by atoms with Gasteiger partial charge in [0.25, 0.3) is 0 Å². The van der Waals surface area contributed by atoms with Crippen LogP contribution in [0.2, 0.25) is 0 Å². The molecule has 0 amide bonds. The van der Waals surface area contributed by atoms with Crippen LogP contribution in [0.5, 0.6) is 11.5 Å². The molecular weight excluding hydrogens is 308 g/mol. The molecule has 0 aliphatic rings. The molecule has 0 bridgehead atoms. The van der Waals surface area contributed by atoms with Gasteiger partial charge in [-0.05, 0) is 42.0 Å². The van der Waals surface area contributed by atoms with Crippen LogP contribution < -0.4 is 9.47 Å². The number of Topliss-reactive ketones (excluding diaryl/α,β-unsaturated/α-hetero) is 1. The number of hydrogen-bond donors (Lipinski definition) is 0. The third kappa shape index (κ3) is 4.13. The highest BCUT2D eigenvalue weighted by molar-refractivity contribution is 5.99. The highest BCUT2D eigenvalue weighted by Gasteiger charge is 2.25. The van der Waals surface area contributed by atoms with Crippen LogP contribution in [-0.2, 0) is 9.53 Å². The molecule has 5 heteroatoms. The number of benzene rings is 2. The molecule has 2 aromatic carbocycles. The van der Waals surface area contributed by atoms with Crippen LogP contribution in [0.15, 0.2) is 48.5 Å². The monoisotopic (exact) mass is 328 g/mol. The van der Waals surface area contributed by atoms with E-state index in [9.17, 15) is 9.59 Å². The average molecular weight is 328 g/mol. The molecule has 2 rings (SSSR count). The van der Waals surface area contributed by atoms with Gasteiger partial charge in [-0.1, -0.05) is 12.1 Å². The van der Waals surface area contributed by atoms with Crippen molar-refractivity contribution >= 4 is 11.8 Å². The molecule has 0 aromatic heterocycles. The average Bonchev–Trinajstić information content (AvgIpc) is 2.65. The van der Waals surface area contributed by atoms with Gasteiger partial charge in [0.05, 0.1) is 27.2 Å². The van der Waals surface area contributed by atoms with E-state index in [1.807, 2.05) is 0 Å². The fourth-order valence-corrected chi connectivity index (χ4v) is 2.40. The van der Waals surface area contributed by atoms with Crippen LogP contribution in [0.1, 0.15) is 28.3 Å². The van der Waals surface area contributed by atoms with E-state index in [-0.39, 0.29) is 12.2 Å². The van der Waals surface area contributed by atoms with Gasteiger partial charge in [0.2, 0.25) is 0 Å². The zero-order valence-electron chi connectivity index (χ0n) is 13.9. The van der Waals surface area contributed by atoms with Crippen molar-refractivity contribution in [2.45, 2.75) is 12.3 Å². The third-order valence-corrected chi connectivity index (χ3v) is 3.81. The summed E-state index contributed by atoms with van der Waals surface area (Å²) >= 11 is 0. The number of hydrogen-bond acceptors (Lipinski definition) is 5. The Morgan fingerprint density at radius 3 is 1.79 bits per heavy atom. The van der Waals surface area contributed by atoms with Crippen LogP contribution in [0.4, 0.5) is 0 Å². The van der Waals surface area contributed by atoms with E-state index in [2.05, 4.69) is 0 Å². The van der Waals surface area contributed by atoms with Crippen LogP contribution >= 0.6 is 0 Å². The minimum Gasteiger partial charge on any atom is -0.497 e. The van der Waals surface area contributed by atoms with Crippen LogP contribution in [0.3, 0.4) is 0 Å². The maximum absolute atomic E-state index is 12.5. The van der Waals surface area contributed by atoms with Gasteiger partial charge >= 0.3 is 5.97 Å². The summed E-state index contributed by atoms with van der Waals surface area (Å²) in [4.78, 5) is 24.6. The molecule has 0 N–H and O–H groups in total. The second-order valence-corrected chi connectivity index (χ2v) is 5.20. The molecule has 0 radical (unpaired) electrons. The standard InChI is InChI=1S/C19H20O5/c1-22-15-8-4-13(5-9-15)17(19(21)24-3)12-18(20)14-6-10-16(23-2)11-7-14/h4-11,17H,12H2,1-3H3/t17-/m0/s1. The van der Waals surface area contributed by atoms with E-state index >= 15 is 0 Å². The number of carbonyl (C=O) groups is 2.